The van der Waals surface area contributed by atoms with E-state index in [1.54, 1.807) is 0 Å². The summed E-state index contributed by atoms with van der Waals surface area (Å²) in [5, 5.41) is 2.45. The highest BCUT2D eigenvalue weighted by molar-refractivity contribution is 5.95. The molecule has 3 aromatic rings. The van der Waals surface area contributed by atoms with Crippen LogP contribution in [0, 0.1) is 6.92 Å². The van der Waals surface area contributed by atoms with Gasteiger partial charge in [-0.25, -0.2) is 4.98 Å². The maximum atomic E-state index is 6.04. The Kier molecular flexibility index (Phi) is 3.48. The van der Waals surface area contributed by atoms with Gasteiger partial charge in [0, 0.05) is 29.9 Å². The number of hydrogen-bond donors (Lipinski definition) is 1. The maximum absolute atomic E-state index is 6.04. The Morgan fingerprint density at radius 3 is 2.62 bits per heavy atom. The van der Waals surface area contributed by atoms with Crippen molar-refractivity contribution in [2.45, 2.75) is 13.8 Å². The fraction of sp³-hybridized carbons (Fsp3) is 0.167. The van der Waals surface area contributed by atoms with Gasteiger partial charge in [0.25, 0.3) is 0 Å². The molecule has 21 heavy (non-hydrogen) atoms. The molecule has 1 heterocycles. The predicted molar refractivity (Wildman–Crippen MR) is 90.0 cm³/mol. The van der Waals surface area contributed by atoms with E-state index >= 15 is 0 Å². The van der Waals surface area contributed by atoms with E-state index in [2.05, 4.69) is 59.3 Å². The second-order valence-corrected chi connectivity index (χ2v) is 5.14. The Hall–Kier alpha value is -2.55. The van der Waals surface area contributed by atoms with Crippen molar-refractivity contribution in [2.75, 3.05) is 17.2 Å². The average molecular weight is 277 g/mol. The van der Waals surface area contributed by atoms with Crippen molar-refractivity contribution in [1.82, 2.24) is 4.98 Å². The number of anilines is 3. The minimum Gasteiger partial charge on any atom is -0.398 e. The van der Waals surface area contributed by atoms with Crippen molar-refractivity contribution in [1.29, 1.82) is 0 Å². The summed E-state index contributed by atoms with van der Waals surface area (Å²) in [6.45, 7) is 4.93. The van der Waals surface area contributed by atoms with Crippen LogP contribution in [0.5, 0.6) is 0 Å². The second-order valence-electron chi connectivity index (χ2n) is 5.14. The number of aromatic nitrogens is 1. The van der Waals surface area contributed by atoms with Gasteiger partial charge in [-0.1, -0.05) is 36.4 Å². The zero-order valence-corrected chi connectivity index (χ0v) is 12.4. The molecule has 0 aliphatic carbocycles. The molecule has 0 bridgehead atoms. The number of fused-ring (bicyclic) bond motifs is 1. The minimum absolute atomic E-state index is 0.777. The Labute approximate surface area is 125 Å². The molecular weight excluding hydrogens is 258 g/mol. The van der Waals surface area contributed by atoms with E-state index in [0.717, 1.165) is 29.3 Å². The van der Waals surface area contributed by atoms with Gasteiger partial charge >= 0.3 is 0 Å². The van der Waals surface area contributed by atoms with Crippen molar-refractivity contribution in [3.05, 3.63) is 60.3 Å². The van der Waals surface area contributed by atoms with Crippen LogP contribution in [0.25, 0.3) is 10.8 Å². The third-order valence-electron chi connectivity index (χ3n) is 3.78. The molecule has 0 aliphatic rings. The van der Waals surface area contributed by atoms with Crippen molar-refractivity contribution in [3.8, 4) is 0 Å². The number of nitrogens with two attached hydrogens (primary N) is 1. The molecular formula is C18H19N3. The predicted octanol–water partition coefficient (Wildman–Crippen LogP) is 4.28. The van der Waals surface area contributed by atoms with Gasteiger partial charge < -0.3 is 10.6 Å². The summed E-state index contributed by atoms with van der Waals surface area (Å²) in [5.74, 6) is 0.886. The third-order valence-corrected chi connectivity index (χ3v) is 3.78. The first-order valence-corrected chi connectivity index (χ1v) is 7.18. The number of nitrogen functional groups attached to an aromatic ring is 1. The summed E-state index contributed by atoms with van der Waals surface area (Å²) in [6.07, 6.45) is 1.83. The molecule has 0 radical (unpaired) electrons. The van der Waals surface area contributed by atoms with Gasteiger partial charge in [0.05, 0.1) is 5.69 Å². The van der Waals surface area contributed by atoms with Crippen LogP contribution in [0.4, 0.5) is 17.2 Å². The summed E-state index contributed by atoms with van der Waals surface area (Å²) < 4.78 is 0. The lowest BCUT2D eigenvalue weighted by molar-refractivity contribution is 0.993. The molecule has 2 N–H and O–H groups in total. The lowest BCUT2D eigenvalue weighted by atomic mass is 10.1. The standard InChI is InChI=1S/C18H19N3/c1-3-21(18-11-16(19)13(2)12-20-18)17-10-6-8-14-7-4-5-9-15(14)17/h4-12H,3H2,1-2H3,(H2,19,20). The first-order valence-electron chi connectivity index (χ1n) is 7.18. The molecule has 0 unspecified atom stereocenters. The van der Waals surface area contributed by atoms with E-state index in [1.165, 1.54) is 10.8 Å². The summed E-state index contributed by atoms with van der Waals surface area (Å²) in [6, 6.07) is 16.7. The largest absolute Gasteiger partial charge is 0.398 e. The number of benzene rings is 2. The highest BCUT2D eigenvalue weighted by atomic mass is 15.2. The zero-order chi connectivity index (χ0) is 14.8. The molecule has 0 fully saturated rings. The van der Waals surface area contributed by atoms with E-state index < -0.39 is 0 Å². The zero-order valence-electron chi connectivity index (χ0n) is 12.4. The first kappa shape index (κ1) is 13.4. The fourth-order valence-corrected chi connectivity index (χ4v) is 2.57. The molecule has 0 amide bonds. The third kappa shape index (κ3) is 2.42. The SMILES string of the molecule is CCN(c1cc(N)c(C)cn1)c1cccc2ccccc12. The number of rotatable bonds is 3. The quantitative estimate of drug-likeness (QED) is 0.776. The van der Waals surface area contributed by atoms with Crippen LogP contribution in [0.1, 0.15) is 12.5 Å². The normalized spacial score (nSPS) is 10.8. The van der Waals surface area contributed by atoms with E-state index in [9.17, 15) is 0 Å². The molecule has 0 saturated heterocycles. The van der Waals surface area contributed by atoms with Crippen molar-refractivity contribution < 1.29 is 0 Å². The van der Waals surface area contributed by atoms with E-state index in [1.807, 2.05) is 19.2 Å². The van der Waals surface area contributed by atoms with Gasteiger partial charge in [-0.05, 0) is 30.9 Å². The fourth-order valence-electron chi connectivity index (χ4n) is 2.57. The molecule has 0 atom stereocenters. The van der Waals surface area contributed by atoms with E-state index in [4.69, 9.17) is 5.73 Å². The molecule has 0 saturated carbocycles. The van der Waals surface area contributed by atoms with Crippen LogP contribution < -0.4 is 10.6 Å². The Balaban J connectivity index is 2.16. The summed E-state index contributed by atoms with van der Waals surface area (Å²) in [5.41, 5.74) is 8.98. The topological polar surface area (TPSA) is 42.1 Å². The summed E-state index contributed by atoms with van der Waals surface area (Å²) in [7, 11) is 0. The van der Waals surface area contributed by atoms with Crippen LogP contribution >= 0.6 is 0 Å². The average Bonchev–Trinajstić information content (AvgIpc) is 2.52. The number of pyridine rings is 1. The van der Waals surface area contributed by atoms with Crippen LogP contribution in [0.2, 0.25) is 0 Å². The highest BCUT2D eigenvalue weighted by Crippen LogP contribution is 2.32. The smallest absolute Gasteiger partial charge is 0.134 e. The van der Waals surface area contributed by atoms with Crippen LogP contribution in [-0.2, 0) is 0 Å². The van der Waals surface area contributed by atoms with Gasteiger partial charge in [-0.15, -0.1) is 0 Å². The van der Waals surface area contributed by atoms with Gasteiger partial charge in [0.1, 0.15) is 5.82 Å². The number of nitrogens with zero attached hydrogens (tertiary/aromatic N) is 2. The lowest BCUT2D eigenvalue weighted by Gasteiger charge is -2.24. The lowest BCUT2D eigenvalue weighted by Crippen LogP contribution is -2.18. The highest BCUT2D eigenvalue weighted by Gasteiger charge is 2.12. The molecule has 0 aliphatic heterocycles. The van der Waals surface area contributed by atoms with Gasteiger partial charge in [-0.2, -0.15) is 0 Å². The van der Waals surface area contributed by atoms with E-state index in [0.29, 0.717) is 0 Å². The van der Waals surface area contributed by atoms with Crippen molar-refractivity contribution in [3.63, 3.8) is 0 Å². The van der Waals surface area contributed by atoms with Crippen molar-refractivity contribution >= 4 is 28.0 Å². The minimum atomic E-state index is 0.777. The molecule has 1 aromatic heterocycles. The monoisotopic (exact) mass is 277 g/mol. The number of aryl methyl sites for hydroxylation is 1. The molecule has 2 aromatic carbocycles. The Bertz CT molecular complexity index is 775. The molecule has 3 nitrogen and oxygen atoms in total. The molecule has 3 heteroatoms. The maximum Gasteiger partial charge on any atom is 0.134 e. The first-order chi connectivity index (χ1) is 10.2. The van der Waals surface area contributed by atoms with Crippen molar-refractivity contribution in [2.24, 2.45) is 0 Å². The molecule has 0 spiro atoms. The molecule has 3 rings (SSSR count). The summed E-state index contributed by atoms with van der Waals surface area (Å²) in [4.78, 5) is 6.73. The second kappa shape index (κ2) is 5.44. The molecule has 106 valence electrons. The van der Waals surface area contributed by atoms with Gasteiger partial charge in [-0.3, -0.25) is 0 Å². The van der Waals surface area contributed by atoms with Gasteiger partial charge in [0.15, 0.2) is 0 Å². The van der Waals surface area contributed by atoms with Crippen LogP contribution in [0.15, 0.2) is 54.7 Å². The summed E-state index contributed by atoms with van der Waals surface area (Å²) >= 11 is 0. The Morgan fingerprint density at radius 1 is 1.10 bits per heavy atom. The van der Waals surface area contributed by atoms with E-state index in [-0.39, 0.29) is 0 Å². The van der Waals surface area contributed by atoms with Crippen LogP contribution in [0.3, 0.4) is 0 Å². The van der Waals surface area contributed by atoms with Gasteiger partial charge in [0.2, 0.25) is 0 Å². The number of hydrogen-bond acceptors (Lipinski definition) is 3. The Morgan fingerprint density at radius 2 is 1.86 bits per heavy atom. The van der Waals surface area contributed by atoms with Crippen LogP contribution in [-0.4, -0.2) is 11.5 Å².